The van der Waals surface area contributed by atoms with Crippen LogP contribution in [0.5, 0.6) is 0 Å². The molecular formula is C19H29N5O2. The molecule has 0 atom stereocenters. The Morgan fingerprint density at radius 3 is 2.73 bits per heavy atom. The number of aromatic nitrogens is 2. The van der Waals surface area contributed by atoms with Gasteiger partial charge in [0, 0.05) is 26.7 Å². The molecule has 2 aromatic rings. The lowest BCUT2D eigenvalue weighted by Crippen LogP contribution is -2.39. The first-order valence-electron chi connectivity index (χ1n) is 9.07. The number of aliphatic imine (C=N–C) groups is 1. The largest absolute Gasteiger partial charge is 0.463 e. The minimum absolute atomic E-state index is 0.0809. The van der Waals surface area contributed by atoms with Gasteiger partial charge in [-0.3, -0.25) is 9.79 Å². The average molecular weight is 359 g/mol. The van der Waals surface area contributed by atoms with Gasteiger partial charge in [0.2, 0.25) is 0 Å². The molecule has 7 heteroatoms. The van der Waals surface area contributed by atoms with Crippen LogP contribution in [0.15, 0.2) is 29.3 Å². The van der Waals surface area contributed by atoms with Crippen LogP contribution in [0.4, 0.5) is 0 Å². The zero-order valence-electron chi connectivity index (χ0n) is 16.1. The zero-order valence-corrected chi connectivity index (χ0v) is 16.1. The maximum absolute atomic E-state index is 11.5. The topological polar surface area (TPSA) is 80.5 Å². The Morgan fingerprint density at radius 1 is 1.27 bits per heavy atom. The van der Waals surface area contributed by atoms with Crippen LogP contribution in [0.25, 0.3) is 11.0 Å². The summed E-state index contributed by atoms with van der Waals surface area (Å²) >= 11 is 0. The van der Waals surface area contributed by atoms with Gasteiger partial charge in [0.15, 0.2) is 5.96 Å². The van der Waals surface area contributed by atoms with Crippen LogP contribution >= 0.6 is 0 Å². The van der Waals surface area contributed by atoms with Gasteiger partial charge in [-0.15, -0.1) is 0 Å². The first kappa shape index (κ1) is 19.8. The molecule has 0 aliphatic carbocycles. The molecule has 1 aromatic carbocycles. The van der Waals surface area contributed by atoms with Crippen molar-refractivity contribution in [2.75, 3.05) is 20.1 Å². The summed E-state index contributed by atoms with van der Waals surface area (Å²) in [4.78, 5) is 20.3. The summed E-state index contributed by atoms with van der Waals surface area (Å²) in [5.41, 5.74) is 2.19. The second-order valence-corrected chi connectivity index (χ2v) is 6.37. The second kappa shape index (κ2) is 9.79. The summed E-state index contributed by atoms with van der Waals surface area (Å²) in [5, 5.41) is 6.39. The van der Waals surface area contributed by atoms with E-state index < -0.39 is 0 Å². The van der Waals surface area contributed by atoms with Gasteiger partial charge in [0.1, 0.15) is 5.82 Å². The van der Waals surface area contributed by atoms with Crippen LogP contribution in [0.1, 0.15) is 32.5 Å². The highest BCUT2D eigenvalue weighted by atomic mass is 16.5. The van der Waals surface area contributed by atoms with Gasteiger partial charge in [-0.05, 0) is 39.3 Å². The number of aryl methyl sites for hydroxylation is 2. The highest BCUT2D eigenvalue weighted by molar-refractivity contribution is 5.80. The van der Waals surface area contributed by atoms with Crippen molar-refractivity contribution in [2.24, 2.45) is 4.99 Å². The molecule has 0 amide bonds. The van der Waals surface area contributed by atoms with Crippen molar-refractivity contribution in [3.63, 3.8) is 0 Å². The number of ether oxygens (including phenoxy) is 1. The van der Waals surface area contributed by atoms with E-state index in [1.54, 1.807) is 7.05 Å². The number of fused-ring (bicyclic) bond motifs is 1. The number of rotatable bonds is 8. The molecule has 1 aromatic heterocycles. The summed E-state index contributed by atoms with van der Waals surface area (Å²) in [6, 6.07) is 8.17. The summed E-state index contributed by atoms with van der Waals surface area (Å²) in [6.45, 7) is 7.88. The molecule has 0 bridgehead atoms. The van der Waals surface area contributed by atoms with Crippen molar-refractivity contribution in [2.45, 2.75) is 46.3 Å². The quantitative estimate of drug-likeness (QED) is 0.327. The van der Waals surface area contributed by atoms with Crippen LogP contribution in [-0.4, -0.2) is 47.7 Å². The van der Waals surface area contributed by atoms with Crippen LogP contribution in [-0.2, 0) is 16.1 Å². The SMILES string of the molecule is CN=C(NCCCn1c(C)nc2ccccc21)NCCC(=O)OC(C)C. The van der Waals surface area contributed by atoms with Crippen molar-refractivity contribution in [3.8, 4) is 0 Å². The van der Waals surface area contributed by atoms with Crippen molar-refractivity contribution >= 4 is 23.0 Å². The monoisotopic (exact) mass is 359 g/mol. The Kier molecular flexibility index (Phi) is 7.44. The molecular weight excluding hydrogens is 330 g/mol. The van der Waals surface area contributed by atoms with Crippen molar-refractivity contribution in [1.82, 2.24) is 20.2 Å². The van der Waals surface area contributed by atoms with E-state index in [1.807, 2.05) is 39.0 Å². The maximum atomic E-state index is 11.5. The number of hydrogen-bond acceptors (Lipinski definition) is 4. The number of carbonyl (C=O) groups is 1. The lowest BCUT2D eigenvalue weighted by Gasteiger charge is -2.13. The summed E-state index contributed by atoms with van der Waals surface area (Å²) in [6.07, 6.45) is 1.18. The molecule has 26 heavy (non-hydrogen) atoms. The van der Waals surface area contributed by atoms with Crippen LogP contribution in [0.2, 0.25) is 0 Å². The van der Waals surface area contributed by atoms with Gasteiger partial charge in [-0.2, -0.15) is 0 Å². The molecule has 0 unspecified atom stereocenters. The summed E-state index contributed by atoms with van der Waals surface area (Å²) in [5.74, 6) is 1.51. The number of guanidine groups is 1. The minimum Gasteiger partial charge on any atom is -0.463 e. The predicted molar refractivity (Wildman–Crippen MR) is 104 cm³/mol. The average Bonchev–Trinajstić information content (AvgIpc) is 2.91. The smallest absolute Gasteiger partial charge is 0.307 e. The Labute approximate surface area is 154 Å². The van der Waals surface area contributed by atoms with Gasteiger partial charge in [-0.25, -0.2) is 4.98 Å². The van der Waals surface area contributed by atoms with E-state index in [1.165, 1.54) is 0 Å². The van der Waals surface area contributed by atoms with E-state index in [-0.39, 0.29) is 12.1 Å². The third kappa shape index (κ3) is 5.75. The fraction of sp³-hybridized carbons (Fsp3) is 0.526. The molecule has 1 heterocycles. The van der Waals surface area contributed by atoms with Crippen LogP contribution in [0.3, 0.4) is 0 Å². The van der Waals surface area contributed by atoms with E-state index in [9.17, 15) is 4.79 Å². The molecule has 7 nitrogen and oxygen atoms in total. The van der Waals surface area contributed by atoms with Gasteiger partial charge in [-0.1, -0.05) is 12.1 Å². The molecule has 0 spiro atoms. The number of para-hydroxylation sites is 2. The number of hydrogen-bond donors (Lipinski definition) is 2. The number of carbonyl (C=O) groups excluding carboxylic acids is 1. The normalized spacial score (nSPS) is 11.8. The fourth-order valence-electron chi connectivity index (χ4n) is 2.75. The third-order valence-corrected chi connectivity index (χ3v) is 3.91. The summed E-state index contributed by atoms with van der Waals surface area (Å²) in [7, 11) is 1.72. The van der Waals surface area contributed by atoms with Crippen LogP contribution in [0, 0.1) is 6.92 Å². The second-order valence-electron chi connectivity index (χ2n) is 6.37. The molecule has 2 N–H and O–H groups in total. The molecule has 0 aliphatic heterocycles. The van der Waals surface area contributed by atoms with E-state index in [0.29, 0.717) is 18.9 Å². The van der Waals surface area contributed by atoms with Crippen molar-refractivity contribution in [1.29, 1.82) is 0 Å². The Balaban J connectivity index is 1.72. The van der Waals surface area contributed by atoms with Gasteiger partial charge >= 0.3 is 5.97 Å². The molecule has 0 aliphatic rings. The van der Waals surface area contributed by atoms with E-state index >= 15 is 0 Å². The predicted octanol–water partition coefficient (Wildman–Crippen LogP) is 2.24. The number of imidazole rings is 1. The lowest BCUT2D eigenvalue weighted by molar-refractivity contribution is -0.147. The number of esters is 1. The first-order chi connectivity index (χ1) is 12.5. The Morgan fingerprint density at radius 2 is 2.00 bits per heavy atom. The van der Waals surface area contributed by atoms with Gasteiger partial charge in [0.25, 0.3) is 0 Å². The van der Waals surface area contributed by atoms with Gasteiger partial charge in [0.05, 0.1) is 23.6 Å². The standard InChI is InChI=1S/C19H29N5O2/c1-14(2)26-18(25)10-12-22-19(20-4)21-11-7-13-24-15(3)23-16-8-5-6-9-17(16)24/h5-6,8-9,14H,7,10-13H2,1-4H3,(H2,20,21,22). The van der Waals surface area contributed by atoms with Crippen molar-refractivity contribution < 1.29 is 9.53 Å². The van der Waals surface area contributed by atoms with E-state index in [4.69, 9.17) is 4.74 Å². The molecule has 142 valence electrons. The third-order valence-electron chi connectivity index (χ3n) is 3.91. The van der Waals surface area contributed by atoms with E-state index in [2.05, 4.69) is 31.2 Å². The lowest BCUT2D eigenvalue weighted by atomic mass is 10.3. The summed E-state index contributed by atoms with van der Waals surface area (Å²) < 4.78 is 7.34. The van der Waals surface area contributed by atoms with E-state index in [0.717, 1.165) is 36.4 Å². The van der Waals surface area contributed by atoms with Crippen LogP contribution < -0.4 is 10.6 Å². The fourth-order valence-corrected chi connectivity index (χ4v) is 2.75. The molecule has 0 saturated heterocycles. The number of benzene rings is 1. The highest BCUT2D eigenvalue weighted by Gasteiger charge is 2.07. The molecule has 2 rings (SSSR count). The maximum Gasteiger partial charge on any atom is 0.307 e. The number of nitrogens with zero attached hydrogens (tertiary/aromatic N) is 3. The van der Waals surface area contributed by atoms with Gasteiger partial charge < -0.3 is 19.9 Å². The highest BCUT2D eigenvalue weighted by Crippen LogP contribution is 2.15. The minimum atomic E-state index is -0.203. The molecule has 0 radical (unpaired) electrons. The Hall–Kier alpha value is -2.57. The first-order valence-corrected chi connectivity index (χ1v) is 9.07. The Bertz CT molecular complexity index is 751. The molecule has 0 saturated carbocycles. The molecule has 0 fully saturated rings. The zero-order chi connectivity index (χ0) is 18.9. The van der Waals surface area contributed by atoms with Crippen molar-refractivity contribution in [3.05, 3.63) is 30.1 Å². The number of nitrogens with one attached hydrogen (secondary N) is 2.